The first-order chi connectivity index (χ1) is 8.17. The molecule has 5 nitrogen and oxygen atoms in total. The smallest absolute Gasteiger partial charge is 0.231 e. The molecule has 0 aliphatic carbocycles. The third kappa shape index (κ3) is 1.95. The van der Waals surface area contributed by atoms with Crippen molar-refractivity contribution in [3.8, 4) is 11.5 Å². The quantitative estimate of drug-likeness (QED) is 0.810. The van der Waals surface area contributed by atoms with Crippen LogP contribution in [0.5, 0.6) is 11.5 Å². The topological polar surface area (TPSA) is 64.6 Å². The predicted octanol–water partition coefficient (Wildman–Crippen LogP) is 1.75. The lowest BCUT2D eigenvalue weighted by molar-refractivity contribution is -0.114. The van der Waals surface area contributed by atoms with Crippen molar-refractivity contribution in [2.45, 2.75) is 20.3 Å². The molecule has 0 atom stereocenters. The van der Waals surface area contributed by atoms with E-state index in [9.17, 15) is 9.59 Å². The molecule has 1 aromatic carbocycles. The van der Waals surface area contributed by atoms with Crippen LogP contribution in [0, 0.1) is 0 Å². The number of amides is 1. The van der Waals surface area contributed by atoms with E-state index in [0.29, 0.717) is 29.2 Å². The van der Waals surface area contributed by atoms with Gasteiger partial charge in [0.15, 0.2) is 17.8 Å². The van der Waals surface area contributed by atoms with Gasteiger partial charge in [-0.25, -0.2) is 0 Å². The third-order valence-electron chi connectivity index (χ3n) is 2.59. The van der Waals surface area contributed by atoms with Gasteiger partial charge in [-0.05, 0) is 18.1 Å². The van der Waals surface area contributed by atoms with Crippen LogP contribution in [0.2, 0.25) is 0 Å². The molecule has 1 aliphatic heterocycles. The number of carbonyl (C=O) groups excluding carboxylic acids is 2. The van der Waals surface area contributed by atoms with Crippen molar-refractivity contribution in [1.29, 1.82) is 0 Å². The van der Waals surface area contributed by atoms with E-state index in [1.165, 1.54) is 6.92 Å². The molecule has 90 valence electrons. The van der Waals surface area contributed by atoms with E-state index >= 15 is 0 Å². The number of benzene rings is 1. The van der Waals surface area contributed by atoms with Crippen molar-refractivity contribution in [1.82, 2.24) is 0 Å². The van der Waals surface area contributed by atoms with Gasteiger partial charge in [0.2, 0.25) is 12.7 Å². The van der Waals surface area contributed by atoms with Gasteiger partial charge in [-0.15, -0.1) is 0 Å². The number of ether oxygens (including phenoxy) is 2. The molecule has 0 saturated carbocycles. The van der Waals surface area contributed by atoms with E-state index in [1.807, 2.05) is 6.92 Å². The van der Waals surface area contributed by atoms with Gasteiger partial charge in [-0.3, -0.25) is 9.59 Å². The van der Waals surface area contributed by atoms with E-state index in [-0.39, 0.29) is 12.7 Å². The van der Waals surface area contributed by atoms with Crippen LogP contribution in [0.3, 0.4) is 0 Å². The van der Waals surface area contributed by atoms with Crippen molar-refractivity contribution in [2.75, 3.05) is 12.1 Å². The molecular weight excluding hydrogens is 222 g/mol. The Morgan fingerprint density at radius 2 is 2.29 bits per heavy atom. The van der Waals surface area contributed by atoms with Crippen LogP contribution < -0.4 is 14.8 Å². The number of anilines is 1. The highest BCUT2D eigenvalue weighted by molar-refractivity contribution is 5.95. The SMILES string of the molecule is CCc1c(C=O)cc2c(c1NC(C)=O)OCO2. The van der Waals surface area contributed by atoms with Gasteiger partial charge in [0.1, 0.15) is 0 Å². The highest BCUT2D eigenvalue weighted by Crippen LogP contribution is 2.43. The third-order valence-corrected chi connectivity index (χ3v) is 2.59. The minimum absolute atomic E-state index is 0.105. The lowest BCUT2D eigenvalue weighted by atomic mass is 10.0. The highest BCUT2D eigenvalue weighted by atomic mass is 16.7. The summed E-state index contributed by atoms with van der Waals surface area (Å²) >= 11 is 0. The average Bonchev–Trinajstić information content (AvgIpc) is 2.75. The maximum atomic E-state index is 11.2. The zero-order valence-corrected chi connectivity index (χ0v) is 9.70. The molecule has 5 heteroatoms. The zero-order chi connectivity index (χ0) is 12.4. The maximum absolute atomic E-state index is 11.2. The Morgan fingerprint density at radius 1 is 1.53 bits per heavy atom. The lowest BCUT2D eigenvalue weighted by Crippen LogP contribution is -2.10. The normalized spacial score (nSPS) is 12.4. The Balaban J connectivity index is 2.62. The molecule has 1 aromatic rings. The van der Waals surface area contributed by atoms with Gasteiger partial charge in [0.25, 0.3) is 0 Å². The largest absolute Gasteiger partial charge is 0.453 e. The van der Waals surface area contributed by atoms with E-state index in [1.54, 1.807) is 6.07 Å². The standard InChI is InChI=1S/C12H13NO4/c1-3-9-8(5-14)4-10-12(17-6-16-10)11(9)13-7(2)15/h4-5H,3,6H2,1-2H3,(H,13,15). The Kier molecular flexibility index (Phi) is 2.99. The summed E-state index contributed by atoms with van der Waals surface area (Å²) in [6.07, 6.45) is 1.38. The summed E-state index contributed by atoms with van der Waals surface area (Å²) in [5.74, 6) is 0.788. The second-order valence-electron chi connectivity index (χ2n) is 3.71. The van der Waals surface area contributed by atoms with Crippen LogP contribution in [0.4, 0.5) is 5.69 Å². The molecule has 0 fully saturated rings. The van der Waals surface area contributed by atoms with E-state index < -0.39 is 0 Å². The minimum Gasteiger partial charge on any atom is -0.453 e. The van der Waals surface area contributed by atoms with Crippen molar-refractivity contribution < 1.29 is 19.1 Å². The molecule has 1 aliphatic rings. The summed E-state index contributed by atoms with van der Waals surface area (Å²) < 4.78 is 10.5. The van der Waals surface area contributed by atoms with Crippen molar-refractivity contribution in [3.63, 3.8) is 0 Å². The monoisotopic (exact) mass is 235 g/mol. The molecule has 0 aromatic heterocycles. The number of rotatable bonds is 3. The number of hydrogen-bond acceptors (Lipinski definition) is 4. The van der Waals surface area contributed by atoms with Crippen molar-refractivity contribution in [2.24, 2.45) is 0 Å². The second kappa shape index (κ2) is 4.45. The summed E-state index contributed by atoms with van der Waals surface area (Å²) in [5.41, 5.74) is 1.82. The highest BCUT2D eigenvalue weighted by Gasteiger charge is 2.24. The molecule has 1 N–H and O–H groups in total. The first kappa shape index (κ1) is 11.4. The number of fused-ring (bicyclic) bond motifs is 1. The van der Waals surface area contributed by atoms with Gasteiger partial charge < -0.3 is 14.8 Å². The van der Waals surface area contributed by atoms with E-state index in [4.69, 9.17) is 9.47 Å². The molecule has 0 spiro atoms. The first-order valence-corrected chi connectivity index (χ1v) is 5.35. The van der Waals surface area contributed by atoms with Gasteiger partial charge in [-0.2, -0.15) is 0 Å². The van der Waals surface area contributed by atoms with Crippen molar-refractivity contribution in [3.05, 3.63) is 17.2 Å². The molecule has 0 unspecified atom stereocenters. The molecule has 2 rings (SSSR count). The Labute approximate surface area is 98.7 Å². The van der Waals surface area contributed by atoms with Crippen LogP contribution in [-0.4, -0.2) is 19.0 Å². The van der Waals surface area contributed by atoms with Crippen LogP contribution >= 0.6 is 0 Å². The second-order valence-corrected chi connectivity index (χ2v) is 3.71. The summed E-state index contributed by atoms with van der Waals surface area (Å²) in [4.78, 5) is 22.2. The van der Waals surface area contributed by atoms with Crippen LogP contribution in [0.15, 0.2) is 6.07 Å². The predicted molar refractivity (Wildman–Crippen MR) is 61.6 cm³/mol. The summed E-state index contributed by atoms with van der Waals surface area (Å²) in [6, 6.07) is 1.64. The first-order valence-electron chi connectivity index (χ1n) is 5.35. The Bertz CT molecular complexity index is 482. The van der Waals surface area contributed by atoms with Gasteiger partial charge in [-0.1, -0.05) is 6.92 Å². The molecule has 1 amide bonds. The Morgan fingerprint density at radius 3 is 2.88 bits per heavy atom. The van der Waals surface area contributed by atoms with E-state index in [2.05, 4.69) is 5.32 Å². The molecular formula is C12H13NO4. The molecule has 17 heavy (non-hydrogen) atoms. The van der Waals surface area contributed by atoms with Gasteiger partial charge >= 0.3 is 0 Å². The molecule has 1 heterocycles. The average molecular weight is 235 g/mol. The fourth-order valence-corrected chi connectivity index (χ4v) is 1.90. The summed E-state index contributed by atoms with van der Waals surface area (Å²) in [7, 11) is 0. The van der Waals surface area contributed by atoms with Crippen LogP contribution in [-0.2, 0) is 11.2 Å². The fraction of sp³-hybridized carbons (Fsp3) is 0.333. The Hall–Kier alpha value is -2.04. The number of hydrogen-bond donors (Lipinski definition) is 1. The van der Waals surface area contributed by atoms with Crippen molar-refractivity contribution >= 4 is 17.9 Å². The molecule has 0 saturated heterocycles. The number of aldehydes is 1. The molecule has 0 bridgehead atoms. The zero-order valence-electron chi connectivity index (χ0n) is 9.70. The van der Waals surface area contributed by atoms with Crippen LogP contribution in [0.1, 0.15) is 29.8 Å². The van der Waals surface area contributed by atoms with E-state index in [0.717, 1.165) is 11.8 Å². The summed E-state index contributed by atoms with van der Waals surface area (Å²) in [6.45, 7) is 3.43. The fourth-order valence-electron chi connectivity index (χ4n) is 1.90. The van der Waals surface area contributed by atoms with Gasteiger partial charge in [0.05, 0.1) is 5.69 Å². The maximum Gasteiger partial charge on any atom is 0.231 e. The molecule has 0 radical (unpaired) electrons. The van der Waals surface area contributed by atoms with Crippen LogP contribution in [0.25, 0.3) is 0 Å². The summed E-state index contributed by atoms with van der Waals surface area (Å²) in [5, 5.41) is 2.70. The number of nitrogens with one attached hydrogen (secondary N) is 1. The number of carbonyl (C=O) groups is 2. The minimum atomic E-state index is -0.208. The lowest BCUT2D eigenvalue weighted by Gasteiger charge is -2.13. The van der Waals surface area contributed by atoms with Gasteiger partial charge in [0, 0.05) is 12.5 Å².